The molecule has 1 saturated heterocycles. The Balaban J connectivity index is 2.68. The van der Waals surface area contributed by atoms with Gasteiger partial charge in [-0.15, -0.1) is 0 Å². The first-order valence-corrected chi connectivity index (χ1v) is 6.28. The number of aliphatic carboxylic acids is 1. The minimum Gasteiger partial charge on any atom is -0.479 e. The van der Waals surface area contributed by atoms with E-state index in [2.05, 4.69) is 5.32 Å². The molecule has 8 nitrogen and oxygen atoms in total. The van der Waals surface area contributed by atoms with Crippen molar-refractivity contribution in [2.75, 3.05) is 33.8 Å². The molecule has 1 aliphatic heterocycles. The summed E-state index contributed by atoms with van der Waals surface area (Å²) in [5.41, 5.74) is -0.955. The van der Waals surface area contributed by atoms with Gasteiger partial charge in [-0.2, -0.15) is 0 Å². The number of amides is 3. The number of carboxylic acids is 1. The van der Waals surface area contributed by atoms with Crippen LogP contribution in [0.2, 0.25) is 0 Å². The molecule has 1 rings (SSSR count). The first kappa shape index (κ1) is 16.2. The van der Waals surface area contributed by atoms with Crippen LogP contribution < -0.4 is 5.32 Å². The van der Waals surface area contributed by atoms with Gasteiger partial charge in [-0.25, -0.2) is 9.59 Å². The first-order valence-electron chi connectivity index (χ1n) is 6.28. The Hall–Kier alpha value is -1.83. The second-order valence-corrected chi connectivity index (χ2v) is 5.19. The highest BCUT2D eigenvalue weighted by atomic mass is 16.5. The predicted molar refractivity (Wildman–Crippen MR) is 70.3 cm³/mol. The van der Waals surface area contributed by atoms with Crippen molar-refractivity contribution in [2.24, 2.45) is 0 Å². The Morgan fingerprint density at radius 1 is 1.45 bits per heavy atom. The standard InChI is InChI=1S/C12H21N3O5/c1-12(2)10(18)14(3)5-6-15(12)11(19)13-7-8(20-4)9(16)17/h8H,5-7H2,1-4H3,(H,13,19)(H,16,17). The molecule has 8 heteroatoms. The molecule has 3 amide bonds. The number of urea groups is 1. The lowest BCUT2D eigenvalue weighted by Gasteiger charge is -2.44. The maximum absolute atomic E-state index is 12.1. The fraction of sp³-hybridized carbons (Fsp3) is 0.750. The minimum atomic E-state index is -1.15. The molecule has 1 aliphatic rings. The number of likely N-dealkylation sites (N-methyl/N-ethyl adjacent to an activating group) is 1. The lowest BCUT2D eigenvalue weighted by molar-refractivity contribution is -0.148. The van der Waals surface area contributed by atoms with E-state index in [1.807, 2.05) is 0 Å². The quantitative estimate of drug-likeness (QED) is 0.715. The van der Waals surface area contributed by atoms with E-state index in [0.717, 1.165) is 0 Å². The number of carboxylic acid groups (broad SMARTS) is 1. The number of nitrogens with one attached hydrogen (secondary N) is 1. The number of methoxy groups -OCH3 is 1. The summed E-state index contributed by atoms with van der Waals surface area (Å²) in [5, 5.41) is 11.3. The van der Waals surface area contributed by atoms with Crippen LogP contribution in [0.1, 0.15) is 13.8 Å². The van der Waals surface area contributed by atoms with Gasteiger partial charge in [0.25, 0.3) is 0 Å². The van der Waals surface area contributed by atoms with E-state index in [0.29, 0.717) is 13.1 Å². The monoisotopic (exact) mass is 287 g/mol. The molecule has 20 heavy (non-hydrogen) atoms. The first-order chi connectivity index (χ1) is 9.21. The van der Waals surface area contributed by atoms with Crippen LogP contribution in [0.25, 0.3) is 0 Å². The summed E-state index contributed by atoms with van der Waals surface area (Å²) >= 11 is 0. The lowest BCUT2D eigenvalue weighted by Crippen LogP contribution is -2.65. The molecule has 0 aromatic carbocycles. The molecule has 1 fully saturated rings. The highest BCUT2D eigenvalue weighted by molar-refractivity contribution is 5.91. The average molecular weight is 287 g/mol. The van der Waals surface area contributed by atoms with Crippen LogP contribution in [-0.4, -0.2) is 78.2 Å². The predicted octanol–water partition coefficient (Wildman–Crippen LogP) is -0.652. The molecular weight excluding hydrogens is 266 g/mol. The number of nitrogens with zero attached hydrogens (tertiary/aromatic N) is 2. The van der Waals surface area contributed by atoms with Crippen LogP contribution in [0.5, 0.6) is 0 Å². The van der Waals surface area contributed by atoms with Crippen molar-refractivity contribution in [1.29, 1.82) is 0 Å². The van der Waals surface area contributed by atoms with Crippen LogP contribution in [0.4, 0.5) is 4.79 Å². The van der Waals surface area contributed by atoms with Crippen molar-refractivity contribution in [2.45, 2.75) is 25.5 Å². The fourth-order valence-corrected chi connectivity index (χ4v) is 2.12. The number of carbonyl (C=O) groups excluding carboxylic acids is 2. The van der Waals surface area contributed by atoms with Crippen LogP contribution in [-0.2, 0) is 14.3 Å². The SMILES string of the molecule is COC(CNC(=O)N1CCN(C)C(=O)C1(C)C)C(=O)O. The maximum atomic E-state index is 12.1. The number of rotatable bonds is 4. The molecule has 114 valence electrons. The Kier molecular flexibility index (Phi) is 4.93. The van der Waals surface area contributed by atoms with Crippen LogP contribution in [0.15, 0.2) is 0 Å². The smallest absolute Gasteiger partial charge is 0.334 e. The number of carbonyl (C=O) groups is 3. The summed E-state index contributed by atoms with van der Waals surface area (Å²) in [6, 6.07) is -0.472. The number of hydrogen-bond acceptors (Lipinski definition) is 4. The van der Waals surface area contributed by atoms with Crippen molar-refractivity contribution in [3.8, 4) is 0 Å². The second kappa shape index (κ2) is 6.08. The molecular formula is C12H21N3O5. The van der Waals surface area contributed by atoms with Crippen LogP contribution >= 0.6 is 0 Å². The molecule has 0 aromatic rings. The number of hydrogen-bond donors (Lipinski definition) is 2. The van der Waals surface area contributed by atoms with Crippen LogP contribution in [0.3, 0.4) is 0 Å². The Morgan fingerprint density at radius 2 is 2.05 bits per heavy atom. The van der Waals surface area contributed by atoms with Gasteiger partial charge >= 0.3 is 12.0 Å². The van der Waals surface area contributed by atoms with Gasteiger partial charge in [-0.3, -0.25) is 4.79 Å². The highest BCUT2D eigenvalue weighted by Gasteiger charge is 2.43. The minimum absolute atomic E-state index is 0.152. The molecule has 0 radical (unpaired) electrons. The summed E-state index contributed by atoms with van der Waals surface area (Å²) < 4.78 is 4.73. The van der Waals surface area contributed by atoms with E-state index in [9.17, 15) is 14.4 Å². The zero-order chi connectivity index (χ0) is 15.5. The van der Waals surface area contributed by atoms with Crippen molar-refractivity contribution in [1.82, 2.24) is 15.1 Å². The van der Waals surface area contributed by atoms with Crippen molar-refractivity contribution >= 4 is 17.9 Å². The summed E-state index contributed by atoms with van der Waals surface area (Å²) in [6.07, 6.45) is -1.11. The summed E-state index contributed by atoms with van der Waals surface area (Å²) in [7, 11) is 2.94. The molecule has 0 aromatic heterocycles. The maximum Gasteiger partial charge on any atom is 0.334 e. The van der Waals surface area contributed by atoms with Gasteiger partial charge in [0.1, 0.15) is 5.54 Å². The van der Waals surface area contributed by atoms with E-state index in [-0.39, 0.29) is 12.5 Å². The lowest BCUT2D eigenvalue weighted by atomic mass is 9.98. The largest absolute Gasteiger partial charge is 0.479 e. The zero-order valence-corrected chi connectivity index (χ0v) is 12.2. The van der Waals surface area contributed by atoms with Crippen molar-refractivity contribution in [3.05, 3.63) is 0 Å². The fourth-order valence-electron chi connectivity index (χ4n) is 2.12. The highest BCUT2D eigenvalue weighted by Crippen LogP contribution is 2.21. The van der Waals surface area contributed by atoms with Crippen molar-refractivity contribution < 1.29 is 24.2 Å². The van der Waals surface area contributed by atoms with Gasteiger partial charge in [-0.05, 0) is 13.8 Å². The Morgan fingerprint density at radius 3 is 2.55 bits per heavy atom. The molecule has 0 saturated carbocycles. The van der Waals surface area contributed by atoms with Gasteiger partial charge in [0.2, 0.25) is 5.91 Å². The average Bonchev–Trinajstić information content (AvgIpc) is 2.36. The van der Waals surface area contributed by atoms with Gasteiger partial charge in [0, 0.05) is 27.2 Å². The van der Waals surface area contributed by atoms with E-state index in [4.69, 9.17) is 9.84 Å². The third-order valence-corrected chi connectivity index (χ3v) is 3.45. The van der Waals surface area contributed by atoms with Gasteiger partial charge in [0.05, 0.1) is 6.54 Å². The number of ether oxygens (including phenoxy) is 1. The summed E-state index contributed by atoms with van der Waals surface area (Å²) in [4.78, 5) is 37.9. The molecule has 2 N–H and O–H groups in total. The number of piperazine rings is 1. The topological polar surface area (TPSA) is 99.2 Å². The molecule has 0 bridgehead atoms. The molecule has 1 heterocycles. The molecule has 1 atom stereocenters. The van der Waals surface area contributed by atoms with E-state index in [1.165, 1.54) is 12.0 Å². The van der Waals surface area contributed by atoms with Gasteiger partial charge in [-0.1, -0.05) is 0 Å². The van der Waals surface area contributed by atoms with E-state index < -0.39 is 23.6 Å². The van der Waals surface area contributed by atoms with Crippen molar-refractivity contribution in [3.63, 3.8) is 0 Å². The summed E-state index contributed by atoms with van der Waals surface area (Å²) in [6.45, 7) is 4.01. The Bertz CT molecular complexity index is 410. The van der Waals surface area contributed by atoms with E-state index >= 15 is 0 Å². The van der Waals surface area contributed by atoms with Crippen LogP contribution in [0, 0.1) is 0 Å². The second-order valence-electron chi connectivity index (χ2n) is 5.19. The van der Waals surface area contributed by atoms with E-state index in [1.54, 1.807) is 25.8 Å². The third kappa shape index (κ3) is 3.19. The molecule has 0 aliphatic carbocycles. The Labute approximate surface area is 117 Å². The zero-order valence-electron chi connectivity index (χ0n) is 12.2. The molecule has 0 spiro atoms. The summed E-state index contributed by atoms with van der Waals surface area (Å²) in [5.74, 6) is -1.30. The molecule has 1 unspecified atom stereocenters. The third-order valence-electron chi connectivity index (χ3n) is 3.45. The normalized spacial score (nSPS) is 19.7. The van der Waals surface area contributed by atoms with Gasteiger partial charge < -0.3 is 25.0 Å². The van der Waals surface area contributed by atoms with Gasteiger partial charge in [0.15, 0.2) is 6.10 Å².